The van der Waals surface area contributed by atoms with Crippen LogP contribution in [-0.4, -0.2) is 23.1 Å². The van der Waals surface area contributed by atoms with Crippen molar-refractivity contribution < 1.29 is 14.3 Å². The van der Waals surface area contributed by atoms with E-state index >= 15 is 0 Å². The first kappa shape index (κ1) is 12.0. The normalized spacial score (nSPS) is 10.1. The molecule has 2 rings (SSSR count). The summed E-state index contributed by atoms with van der Waals surface area (Å²) in [6.07, 6.45) is 1.47. The first-order valence-electron chi connectivity index (χ1n) is 5.28. The van der Waals surface area contributed by atoms with Crippen LogP contribution in [0, 0.1) is 5.82 Å². The topological polar surface area (TPSA) is 53.4 Å². The molecule has 0 amide bonds. The highest BCUT2D eigenvalue weighted by molar-refractivity contribution is 5.94. The molecule has 2 aromatic rings. The number of rotatable bonds is 3. The zero-order valence-electron chi connectivity index (χ0n) is 9.67. The number of anilines is 2. The van der Waals surface area contributed by atoms with E-state index in [0.717, 1.165) is 0 Å². The molecule has 4 nitrogen and oxygen atoms in total. The summed E-state index contributed by atoms with van der Waals surface area (Å²) in [7, 11) is 1.58. The summed E-state index contributed by atoms with van der Waals surface area (Å²) in [6, 6.07) is 9.09. The molecule has 0 spiro atoms. The number of carboxylic acid groups (broad SMARTS) is 1. The van der Waals surface area contributed by atoms with Crippen molar-refractivity contribution >= 4 is 17.5 Å². The second-order valence-electron chi connectivity index (χ2n) is 3.69. The van der Waals surface area contributed by atoms with E-state index in [4.69, 9.17) is 5.11 Å². The lowest BCUT2D eigenvalue weighted by Gasteiger charge is -2.20. The zero-order chi connectivity index (χ0) is 13.1. The van der Waals surface area contributed by atoms with Gasteiger partial charge in [0, 0.05) is 13.2 Å². The Labute approximate surface area is 103 Å². The summed E-state index contributed by atoms with van der Waals surface area (Å²) >= 11 is 0. The summed E-state index contributed by atoms with van der Waals surface area (Å²) in [6.45, 7) is 0. The van der Waals surface area contributed by atoms with Gasteiger partial charge in [-0.05, 0) is 24.3 Å². The van der Waals surface area contributed by atoms with Crippen LogP contribution in [0.3, 0.4) is 0 Å². The molecule has 0 aliphatic carbocycles. The van der Waals surface area contributed by atoms with Crippen molar-refractivity contribution in [2.45, 2.75) is 0 Å². The maximum Gasteiger partial charge on any atom is 0.339 e. The molecule has 92 valence electrons. The van der Waals surface area contributed by atoms with Crippen molar-refractivity contribution in [1.82, 2.24) is 4.98 Å². The van der Waals surface area contributed by atoms with Gasteiger partial charge in [-0.25, -0.2) is 14.2 Å². The van der Waals surface area contributed by atoms with Crippen LogP contribution in [0.15, 0.2) is 42.6 Å². The van der Waals surface area contributed by atoms with Crippen molar-refractivity contribution in [1.29, 1.82) is 0 Å². The summed E-state index contributed by atoms with van der Waals surface area (Å²) in [5.41, 5.74) is 0.307. The number of hydrogen-bond acceptors (Lipinski definition) is 3. The van der Waals surface area contributed by atoms with Crippen LogP contribution in [0.25, 0.3) is 0 Å². The number of hydrogen-bond donors (Lipinski definition) is 1. The standard InChI is InChI=1S/C13H11FN2O2/c1-16(11-7-3-2-6-10(11)14)12-9(13(17)18)5-4-8-15-12/h2-8H,1H3,(H,17,18). The molecule has 0 saturated heterocycles. The Bertz CT molecular complexity index is 587. The average molecular weight is 246 g/mol. The van der Waals surface area contributed by atoms with Gasteiger partial charge < -0.3 is 10.0 Å². The highest BCUT2D eigenvalue weighted by atomic mass is 19.1. The highest BCUT2D eigenvalue weighted by Crippen LogP contribution is 2.26. The van der Waals surface area contributed by atoms with Crippen molar-refractivity contribution in [2.24, 2.45) is 0 Å². The van der Waals surface area contributed by atoms with Gasteiger partial charge in [-0.2, -0.15) is 0 Å². The van der Waals surface area contributed by atoms with E-state index in [1.807, 2.05) is 0 Å². The minimum Gasteiger partial charge on any atom is -0.478 e. The van der Waals surface area contributed by atoms with E-state index < -0.39 is 11.8 Å². The number of benzene rings is 1. The molecule has 0 radical (unpaired) electrons. The Morgan fingerprint density at radius 2 is 2.00 bits per heavy atom. The minimum atomic E-state index is -1.10. The maximum absolute atomic E-state index is 13.6. The minimum absolute atomic E-state index is 0.0308. The number of carbonyl (C=O) groups is 1. The van der Waals surface area contributed by atoms with Crippen LogP contribution in [0.1, 0.15) is 10.4 Å². The number of halogens is 1. The van der Waals surface area contributed by atoms with Gasteiger partial charge in [0.05, 0.1) is 5.69 Å². The second-order valence-corrected chi connectivity index (χ2v) is 3.69. The molecular weight excluding hydrogens is 235 g/mol. The summed E-state index contributed by atoms with van der Waals surface area (Å²) in [4.78, 5) is 16.5. The fourth-order valence-corrected chi connectivity index (χ4v) is 1.67. The largest absolute Gasteiger partial charge is 0.478 e. The van der Waals surface area contributed by atoms with Gasteiger partial charge in [0.15, 0.2) is 0 Å². The maximum atomic E-state index is 13.6. The molecule has 0 aliphatic rings. The molecule has 1 N–H and O–H groups in total. The van der Waals surface area contributed by atoms with E-state index in [1.54, 1.807) is 25.2 Å². The first-order chi connectivity index (χ1) is 8.61. The lowest BCUT2D eigenvalue weighted by Crippen LogP contribution is -2.16. The fraction of sp³-hybridized carbons (Fsp3) is 0.0769. The predicted octanol–water partition coefficient (Wildman–Crippen LogP) is 2.69. The molecule has 1 heterocycles. The highest BCUT2D eigenvalue weighted by Gasteiger charge is 2.17. The third kappa shape index (κ3) is 2.15. The van der Waals surface area contributed by atoms with Crippen molar-refractivity contribution in [3.8, 4) is 0 Å². The molecule has 0 fully saturated rings. The van der Waals surface area contributed by atoms with E-state index in [1.165, 1.54) is 29.3 Å². The Morgan fingerprint density at radius 3 is 2.67 bits per heavy atom. The van der Waals surface area contributed by atoms with Gasteiger partial charge in [-0.15, -0.1) is 0 Å². The molecule has 0 unspecified atom stereocenters. The molecular formula is C13H11FN2O2. The van der Waals surface area contributed by atoms with Crippen molar-refractivity contribution in [3.05, 3.63) is 54.0 Å². The average Bonchev–Trinajstić information content (AvgIpc) is 2.38. The zero-order valence-corrected chi connectivity index (χ0v) is 9.67. The van der Waals surface area contributed by atoms with Crippen LogP contribution in [0.4, 0.5) is 15.9 Å². The number of nitrogens with zero attached hydrogens (tertiary/aromatic N) is 2. The summed E-state index contributed by atoms with van der Waals surface area (Å²) < 4.78 is 13.6. The van der Waals surface area contributed by atoms with Gasteiger partial charge in [0.2, 0.25) is 0 Å². The number of carboxylic acids is 1. The molecule has 1 aromatic heterocycles. The van der Waals surface area contributed by atoms with Crippen LogP contribution < -0.4 is 4.90 Å². The second kappa shape index (κ2) is 4.83. The number of aromatic carboxylic acids is 1. The van der Waals surface area contributed by atoms with E-state index in [-0.39, 0.29) is 17.1 Å². The Balaban J connectivity index is 2.50. The smallest absolute Gasteiger partial charge is 0.339 e. The van der Waals surface area contributed by atoms with Gasteiger partial charge in [0.1, 0.15) is 17.2 Å². The van der Waals surface area contributed by atoms with E-state index in [2.05, 4.69) is 4.98 Å². The third-order valence-electron chi connectivity index (χ3n) is 2.55. The lowest BCUT2D eigenvalue weighted by atomic mass is 10.2. The molecule has 0 bridgehead atoms. The van der Waals surface area contributed by atoms with Crippen LogP contribution in [0.5, 0.6) is 0 Å². The Kier molecular flexibility index (Phi) is 3.23. The number of para-hydroxylation sites is 1. The van der Waals surface area contributed by atoms with Crippen LogP contribution >= 0.6 is 0 Å². The quantitative estimate of drug-likeness (QED) is 0.904. The van der Waals surface area contributed by atoms with E-state index in [0.29, 0.717) is 0 Å². The van der Waals surface area contributed by atoms with Gasteiger partial charge >= 0.3 is 5.97 Å². The number of pyridine rings is 1. The van der Waals surface area contributed by atoms with Crippen LogP contribution in [0.2, 0.25) is 0 Å². The van der Waals surface area contributed by atoms with Crippen molar-refractivity contribution in [3.63, 3.8) is 0 Å². The molecule has 0 aliphatic heterocycles. The monoisotopic (exact) mass is 246 g/mol. The lowest BCUT2D eigenvalue weighted by molar-refractivity contribution is 0.0697. The Hall–Kier alpha value is -2.43. The molecule has 5 heteroatoms. The SMILES string of the molecule is CN(c1ccccc1F)c1ncccc1C(=O)O. The Morgan fingerprint density at radius 1 is 1.28 bits per heavy atom. The molecule has 0 atom stereocenters. The van der Waals surface area contributed by atoms with E-state index in [9.17, 15) is 9.18 Å². The predicted molar refractivity (Wildman–Crippen MR) is 65.7 cm³/mol. The molecule has 18 heavy (non-hydrogen) atoms. The third-order valence-corrected chi connectivity index (χ3v) is 2.55. The summed E-state index contributed by atoms with van der Waals surface area (Å²) in [5, 5.41) is 9.07. The van der Waals surface area contributed by atoms with Gasteiger partial charge in [-0.3, -0.25) is 0 Å². The van der Waals surface area contributed by atoms with Crippen molar-refractivity contribution in [2.75, 3.05) is 11.9 Å². The van der Waals surface area contributed by atoms with Gasteiger partial charge in [0.25, 0.3) is 0 Å². The summed E-state index contributed by atoms with van der Waals surface area (Å²) in [5.74, 6) is -1.32. The first-order valence-corrected chi connectivity index (χ1v) is 5.28. The number of aromatic nitrogens is 1. The van der Waals surface area contributed by atoms with Crippen LogP contribution in [-0.2, 0) is 0 Å². The molecule has 1 aromatic carbocycles. The fourth-order valence-electron chi connectivity index (χ4n) is 1.67. The molecule has 0 saturated carbocycles. The van der Waals surface area contributed by atoms with Gasteiger partial charge in [-0.1, -0.05) is 12.1 Å².